The first-order chi connectivity index (χ1) is 14.1. The lowest BCUT2D eigenvalue weighted by Gasteiger charge is -2.34. The Balaban J connectivity index is 1.84. The molecule has 1 unspecified atom stereocenters. The summed E-state index contributed by atoms with van der Waals surface area (Å²) in [5.41, 5.74) is -0.552. The molecule has 2 aromatic carbocycles. The van der Waals surface area contributed by atoms with Gasteiger partial charge < -0.3 is 4.74 Å². The summed E-state index contributed by atoms with van der Waals surface area (Å²) >= 11 is 5.57. The second kappa shape index (κ2) is 9.19. The summed E-state index contributed by atoms with van der Waals surface area (Å²) in [6, 6.07) is 7.62. The maximum absolute atomic E-state index is 13.3. The number of alkyl halides is 3. The van der Waals surface area contributed by atoms with Gasteiger partial charge in [-0.1, -0.05) is 23.7 Å². The maximum Gasteiger partial charge on any atom is 0.417 e. The summed E-state index contributed by atoms with van der Waals surface area (Å²) in [6.45, 7) is 1.86. The number of rotatable bonds is 6. The second-order valence-electron chi connectivity index (χ2n) is 6.71. The van der Waals surface area contributed by atoms with E-state index in [1.807, 2.05) is 4.90 Å². The van der Waals surface area contributed by atoms with Gasteiger partial charge in [0.2, 0.25) is 10.0 Å². The molecule has 0 aromatic heterocycles. The highest BCUT2D eigenvalue weighted by Gasteiger charge is 2.34. The fourth-order valence-corrected chi connectivity index (χ4v) is 4.48. The third kappa shape index (κ3) is 5.50. The van der Waals surface area contributed by atoms with Gasteiger partial charge in [0.25, 0.3) is 0 Å². The Labute approximate surface area is 176 Å². The van der Waals surface area contributed by atoms with E-state index in [0.717, 1.165) is 12.1 Å². The van der Waals surface area contributed by atoms with Crippen molar-refractivity contribution in [3.8, 4) is 0 Å². The molecule has 1 aliphatic heterocycles. The lowest BCUT2D eigenvalue weighted by atomic mass is 10.0. The maximum atomic E-state index is 13.3. The summed E-state index contributed by atoms with van der Waals surface area (Å²) in [7, 11) is -4.25. The first-order valence-corrected chi connectivity index (χ1v) is 10.9. The highest BCUT2D eigenvalue weighted by atomic mass is 35.5. The van der Waals surface area contributed by atoms with Crippen LogP contribution in [0.15, 0.2) is 47.4 Å². The molecule has 0 amide bonds. The highest BCUT2D eigenvalue weighted by molar-refractivity contribution is 7.89. The monoisotopic (exact) mass is 466 g/mol. The van der Waals surface area contributed by atoms with Gasteiger partial charge in [0.1, 0.15) is 5.82 Å². The SMILES string of the molecule is O=S(=O)(NCC(c1ccc(F)cc1)N1CCOCC1)c1ccc(Cl)c(C(F)(F)F)c1. The van der Waals surface area contributed by atoms with Crippen molar-refractivity contribution in [3.05, 3.63) is 64.4 Å². The van der Waals surface area contributed by atoms with Gasteiger partial charge in [-0.25, -0.2) is 17.5 Å². The zero-order valence-electron chi connectivity index (χ0n) is 15.6. The molecule has 0 spiro atoms. The lowest BCUT2D eigenvalue weighted by Crippen LogP contribution is -2.43. The van der Waals surface area contributed by atoms with Crippen molar-refractivity contribution >= 4 is 21.6 Å². The van der Waals surface area contributed by atoms with Gasteiger partial charge in [-0.05, 0) is 35.9 Å². The van der Waals surface area contributed by atoms with Gasteiger partial charge in [-0.3, -0.25) is 4.90 Å². The van der Waals surface area contributed by atoms with E-state index in [1.54, 1.807) is 12.1 Å². The van der Waals surface area contributed by atoms with Crippen molar-refractivity contribution in [3.63, 3.8) is 0 Å². The minimum absolute atomic E-state index is 0.113. The lowest BCUT2D eigenvalue weighted by molar-refractivity contribution is -0.137. The van der Waals surface area contributed by atoms with E-state index in [0.29, 0.717) is 37.9 Å². The molecule has 1 aliphatic rings. The van der Waals surface area contributed by atoms with Gasteiger partial charge in [0.15, 0.2) is 0 Å². The van der Waals surface area contributed by atoms with Crippen LogP contribution >= 0.6 is 11.6 Å². The van der Waals surface area contributed by atoms with Crippen LogP contribution in [-0.4, -0.2) is 46.2 Å². The number of ether oxygens (including phenoxy) is 1. The van der Waals surface area contributed by atoms with Crippen LogP contribution in [0, 0.1) is 5.82 Å². The van der Waals surface area contributed by atoms with Crippen LogP contribution in [0.4, 0.5) is 17.6 Å². The molecule has 11 heteroatoms. The van der Waals surface area contributed by atoms with Crippen molar-refractivity contribution in [2.45, 2.75) is 17.1 Å². The van der Waals surface area contributed by atoms with E-state index in [2.05, 4.69) is 4.72 Å². The predicted molar refractivity (Wildman–Crippen MR) is 103 cm³/mol. The normalized spacial score (nSPS) is 17.1. The molecule has 0 aliphatic carbocycles. The minimum Gasteiger partial charge on any atom is -0.379 e. The van der Waals surface area contributed by atoms with Crippen LogP contribution < -0.4 is 4.72 Å². The number of morpholine rings is 1. The Hall–Kier alpha value is -1.72. The third-order valence-corrected chi connectivity index (χ3v) is 6.51. The van der Waals surface area contributed by atoms with Crippen LogP contribution in [0.5, 0.6) is 0 Å². The smallest absolute Gasteiger partial charge is 0.379 e. The fourth-order valence-electron chi connectivity index (χ4n) is 3.19. The van der Waals surface area contributed by atoms with Gasteiger partial charge in [0.05, 0.1) is 28.7 Å². The Morgan fingerprint density at radius 1 is 1.10 bits per heavy atom. The Kier molecular flexibility index (Phi) is 7.03. The van der Waals surface area contributed by atoms with Crippen LogP contribution in [0.2, 0.25) is 5.02 Å². The molecule has 1 heterocycles. The quantitative estimate of drug-likeness (QED) is 0.657. The molecular formula is C19H19ClF4N2O3S. The van der Waals surface area contributed by atoms with E-state index < -0.39 is 43.5 Å². The standard InChI is InChI=1S/C19H19ClF4N2O3S/c20-17-6-5-15(11-16(17)19(22,23)24)30(27,28)25-12-18(26-7-9-29-10-8-26)13-1-3-14(21)4-2-13/h1-6,11,18,25H,7-10,12H2. The van der Waals surface area contributed by atoms with E-state index in [1.165, 1.54) is 12.1 Å². The molecule has 0 saturated carbocycles. The highest BCUT2D eigenvalue weighted by Crippen LogP contribution is 2.36. The molecule has 0 bridgehead atoms. The summed E-state index contributed by atoms with van der Waals surface area (Å²) in [6.07, 6.45) is -4.78. The minimum atomic E-state index is -4.78. The molecule has 2 aromatic rings. The van der Waals surface area contributed by atoms with Gasteiger partial charge in [-0.2, -0.15) is 13.2 Å². The van der Waals surface area contributed by atoms with Crippen LogP contribution in [0.25, 0.3) is 0 Å². The molecule has 3 rings (SSSR count). The van der Waals surface area contributed by atoms with Gasteiger partial charge in [-0.15, -0.1) is 0 Å². The topological polar surface area (TPSA) is 58.6 Å². The van der Waals surface area contributed by atoms with Crippen molar-refractivity contribution in [2.24, 2.45) is 0 Å². The second-order valence-corrected chi connectivity index (χ2v) is 8.88. The number of benzene rings is 2. The Morgan fingerprint density at radius 2 is 1.73 bits per heavy atom. The number of hydrogen-bond acceptors (Lipinski definition) is 4. The average molecular weight is 467 g/mol. The summed E-state index contributed by atoms with van der Waals surface area (Å²) in [5.74, 6) is -0.430. The zero-order valence-corrected chi connectivity index (χ0v) is 17.2. The first kappa shape index (κ1) is 23.0. The summed E-state index contributed by atoms with van der Waals surface area (Å²) in [4.78, 5) is 1.43. The van der Waals surface area contributed by atoms with Crippen molar-refractivity contribution in [2.75, 3.05) is 32.8 Å². The molecule has 30 heavy (non-hydrogen) atoms. The van der Waals surface area contributed by atoms with Crippen molar-refractivity contribution in [1.29, 1.82) is 0 Å². The molecular weight excluding hydrogens is 448 g/mol. The number of sulfonamides is 1. The zero-order chi connectivity index (χ0) is 21.9. The third-order valence-electron chi connectivity index (χ3n) is 4.76. The average Bonchev–Trinajstić information content (AvgIpc) is 2.69. The summed E-state index contributed by atoms with van der Waals surface area (Å²) < 4.78 is 85.6. The van der Waals surface area contributed by atoms with Crippen molar-refractivity contribution in [1.82, 2.24) is 9.62 Å². The molecule has 5 nitrogen and oxygen atoms in total. The van der Waals surface area contributed by atoms with Crippen molar-refractivity contribution < 1.29 is 30.7 Å². The number of nitrogens with zero attached hydrogens (tertiary/aromatic N) is 1. The van der Waals surface area contributed by atoms with Crippen LogP contribution in [-0.2, 0) is 20.9 Å². The van der Waals surface area contributed by atoms with E-state index in [9.17, 15) is 26.0 Å². The predicted octanol–water partition coefficient (Wildman–Crippen LogP) is 3.85. The number of hydrogen-bond donors (Lipinski definition) is 1. The Morgan fingerprint density at radius 3 is 2.33 bits per heavy atom. The molecule has 1 fully saturated rings. The number of halogens is 5. The first-order valence-electron chi connectivity index (χ1n) is 9.01. The van der Waals surface area contributed by atoms with Gasteiger partial charge >= 0.3 is 6.18 Å². The van der Waals surface area contributed by atoms with Crippen LogP contribution in [0.3, 0.4) is 0 Å². The molecule has 1 N–H and O–H groups in total. The number of nitrogens with one attached hydrogen (secondary N) is 1. The van der Waals surface area contributed by atoms with E-state index in [-0.39, 0.29) is 6.54 Å². The fraction of sp³-hybridized carbons (Fsp3) is 0.368. The molecule has 0 radical (unpaired) electrons. The van der Waals surface area contributed by atoms with Gasteiger partial charge in [0, 0.05) is 25.7 Å². The Bertz CT molecular complexity index is 978. The van der Waals surface area contributed by atoms with Crippen LogP contribution in [0.1, 0.15) is 17.2 Å². The molecule has 164 valence electrons. The van der Waals surface area contributed by atoms with E-state index >= 15 is 0 Å². The largest absolute Gasteiger partial charge is 0.417 e. The summed E-state index contributed by atoms with van der Waals surface area (Å²) in [5, 5.41) is -0.584. The molecule has 1 atom stereocenters. The molecule has 1 saturated heterocycles. The van der Waals surface area contributed by atoms with E-state index in [4.69, 9.17) is 16.3 Å².